The first kappa shape index (κ1) is 12.7. The number of hydrogen-bond donors (Lipinski definition) is 2. The second-order valence-electron chi connectivity index (χ2n) is 3.21. The Morgan fingerprint density at radius 2 is 2.40 bits per heavy atom. The van der Waals surface area contributed by atoms with Crippen LogP contribution in [0.2, 0.25) is 0 Å². The third kappa shape index (κ3) is 4.32. The molecule has 0 saturated heterocycles. The summed E-state index contributed by atoms with van der Waals surface area (Å²) in [7, 11) is 0. The van der Waals surface area contributed by atoms with Crippen molar-refractivity contribution in [3.63, 3.8) is 0 Å². The van der Waals surface area contributed by atoms with Gasteiger partial charge in [0.25, 0.3) is 5.91 Å². The molecule has 0 bridgehead atoms. The summed E-state index contributed by atoms with van der Waals surface area (Å²) >= 11 is 4.70. The van der Waals surface area contributed by atoms with Crippen molar-refractivity contribution in [1.29, 1.82) is 0 Å². The molecule has 1 atom stereocenters. The lowest BCUT2D eigenvalue weighted by molar-refractivity contribution is 0.0946. The zero-order valence-corrected chi connectivity index (χ0v) is 10.9. The summed E-state index contributed by atoms with van der Waals surface area (Å²) in [6, 6.07) is 3.63. The minimum atomic E-state index is -0.319. The SMILES string of the molecule is CCC(O)CCNC(=O)c1ccc(Br)s1. The average molecular weight is 292 g/mol. The summed E-state index contributed by atoms with van der Waals surface area (Å²) in [6.45, 7) is 2.44. The summed E-state index contributed by atoms with van der Waals surface area (Å²) in [5.74, 6) is -0.0750. The number of nitrogens with one attached hydrogen (secondary N) is 1. The highest BCUT2D eigenvalue weighted by Gasteiger charge is 2.08. The van der Waals surface area contributed by atoms with Crippen LogP contribution in [0.1, 0.15) is 29.4 Å². The first-order chi connectivity index (χ1) is 7.13. The third-order valence-corrected chi connectivity index (χ3v) is 3.65. The van der Waals surface area contributed by atoms with E-state index < -0.39 is 0 Å². The predicted molar refractivity (Wildman–Crippen MR) is 65.3 cm³/mol. The molecule has 0 aliphatic carbocycles. The molecule has 1 aromatic heterocycles. The molecule has 0 radical (unpaired) electrons. The Balaban J connectivity index is 2.31. The molecule has 1 rings (SSSR count). The number of rotatable bonds is 5. The summed E-state index contributed by atoms with van der Waals surface area (Å²) < 4.78 is 0.946. The van der Waals surface area contributed by atoms with Crippen LogP contribution in [0.5, 0.6) is 0 Å². The van der Waals surface area contributed by atoms with Crippen LogP contribution >= 0.6 is 27.3 Å². The van der Waals surface area contributed by atoms with E-state index in [0.717, 1.165) is 10.2 Å². The molecular formula is C10H14BrNO2S. The number of carbonyl (C=O) groups is 1. The molecule has 0 aromatic carbocycles. The van der Waals surface area contributed by atoms with Crippen molar-refractivity contribution >= 4 is 33.2 Å². The van der Waals surface area contributed by atoms with Gasteiger partial charge in [-0.3, -0.25) is 4.79 Å². The fraction of sp³-hybridized carbons (Fsp3) is 0.500. The van der Waals surface area contributed by atoms with E-state index in [0.29, 0.717) is 17.8 Å². The summed E-state index contributed by atoms with van der Waals surface area (Å²) in [5, 5.41) is 12.1. The van der Waals surface area contributed by atoms with Gasteiger partial charge in [-0.15, -0.1) is 11.3 Å². The molecule has 2 N–H and O–H groups in total. The van der Waals surface area contributed by atoms with Crippen molar-refractivity contribution < 1.29 is 9.90 Å². The minimum absolute atomic E-state index is 0.0750. The number of carbonyl (C=O) groups excluding carboxylic acids is 1. The van der Waals surface area contributed by atoms with E-state index >= 15 is 0 Å². The first-order valence-corrected chi connectivity index (χ1v) is 6.46. The predicted octanol–water partition coefficient (Wildman–Crippen LogP) is 2.40. The molecule has 15 heavy (non-hydrogen) atoms. The summed E-state index contributed by atoms with van der Waals surface area (Å²) in [6.07, 6.45) is 1.01. The van der Waals surface area contributed by atoms with E-state index in [2.05, 4.69) is 21.2 Å². The van der Waals surface area contributed by atoms with E-state index in [1.165, 1.54) is 11.3 Å². The molecule has 1 aromatic rings. The van der Waals surface area contributed by atoms with Gasteiger partial charge in [0.1, 0.15) is 0 Å². The first-order valence-electron chi connectivity index (χ1n) is 4.85. The van der Waals surface area contributed by atoms with Gasteiger partial charge in [0.05, 0.1) is 14.8 Å². The quantitative estimate of drug-likeness (QED) is 0.875. The van der Waals surface area contributed by atoms with Crippen LogP contribution < -0.4 is 5.32 Å². The van der Waals surface area contributed by atoms with Gasteiger partial charge in [0.2, 0.25) is 0 Å². The maximum Gasteiger partial charge on any atom is 0.261 e. The van der Waals surface area contributed by atoms with E-state index in [-0.39, 0.29) is 12.0 Å². The van der Waals surface area contributed by atoms with Crippen LogP contribution in [0, 0.1) is 0 Å². The zero-order chi connectivity index (χ0) is 11.3. The lowest BCUT2D eigenvalue weighted by Gasteiger charge is -2.07. The molecular weight excluding hydrogens is 278 g/mol. The van der Waals surface area contributed by atoms with Crippen LogP contribution in [-0.2, 0) is 0 Å². The van der Waals surface area contributed by atoms with Crippen molar-refractivity contribution in [2.24, 2.45) is 0 Å². The molecule has 0 aliphatic rings. The molecule has 3 nitrogen and oxygen atoms in total. The minimum Gasteiger partial charge on any atom is -0.393 e. The van der Waals surface area contributed by atoms with Gasteiger partial charge >= 0.3 is 0 Å². The Hall–Kier alpha value is -0.390. The standard InChI is InChI=1S/C10H14BrNO2S/c1-2-7(13)5-6-12-10(14)8-3-4-9(11)15-8/h3-4,7,13H,2,5-6H2,1H3,(H,12,14). The van der Waals surface area contributed by atoms with E-state index in [1.807, 2.05) is 13.0 Å². The Bertz CT molecular complexity index is 327. The number of aliphatic hydroxyl groups excluding tert-OH is 1. The Labute approximate surface area is 102 Å². The number of thiophene rings is 1. The lowest BCUT2D eigenvalue weighted by Crippen LogP contribution is -2.26. The summed E-state index contributed by atoms with van der Waals surface area (Å²) in [4.78, 5) is 12.2. The zero-order valence-electron chi connectivity index (χ0n) is 8.50. The molecule has 0 aliphatic heterocycles. The van der Waals surface area contributed by atoms with Gasteiger partial charge in [-0.1, -0.05) is 6.92 Å². The average Bonchev–Trinajstić information content (AvgIpc) is 2.64. The van der Waals surface area contributed by atoms with E-state index in [1.54, 1.807) is 6.07 Å². The topological polar surface area (TPSA) is 49.3 Å². The highest BCUT2D eigenvalue weighted by atomic mass is 79.9. The molecule has 1 unspecified atom stereocenters. The van der Waals surface area contributed by atoms with Gasteiger partial charge in [0.15, 0.2) is 0 Å². The largest absolute Gasteiger partial charge is 0.393 e. The maximum absolute atomic E-state index is 11.5. The van der Waals surface area contributed by atoms with Crippen LogP contribution in [0.25, 0.3) is 0 Å². The maximum atomic E-state index is 11.5. The molecule has 1 heterocycles. The molecule has 0 spiro atoms. The second-order valence-corrected chi connectivity index (χ2v) is 5.67. The monoisotopic (exact) mass is 291 g/mol. The molecule has 1 amide bonds. The Morgan fingerprint density at radius 3 is 2.93 bits per heavy atom. The number of amides is 1. The van der Waals surface area contributed by atoms with Crippen molar-refractivity contribution in [1.82, 2.24) is 5.32 Å². The molecule has 0 fully saturated rings. The van der Waals surface area contributed by atoms with Crippen LogP contribution in [-0.4, -0.2) is 23.7 Å². The Kier molecular flexibility index (Phi) is 5.28. The van der Waals surface area contributed by atoms with Gasteiger partial charge in [-0.25, -0.2) is 0 Å². The fourth-order valence-corrected chi connectivity index (χ4v) is 2.38. The van der Waals surface area contributed by atoms with Crippen LogP contribution in [0.3, 0.4) is 0 Å². The lowest BCUT2D eigenvalue weighted by atomic mass is 10.2. The van der Waals surface area contributed by atoms with Gasteiger partial charge in [-0.05, 0) is 40.9 Å². The van der Waals surface area contributed by atoms with Crippen LogP contribution in [0.15, 0.2) is 15.9 Å². The van der Waals surface area contributed by atoms with Gasteiger partial charge < -0.3 is 10.4 Å². The molecule has 5 heteroatoms. The van der Waals surface area contributed by atoms with Crippen molar-refractivity contribution in [2.45, 2.75) is 25.9 Å². The second kappa shape index (κ2) is 6.25. The highest BCUT2D eigenvalue weighted by molar-refractivity contribution is 9.11. The van der Waals surface area contributed by atoms with Crippen molar-refractivity contribution in [3.8, 4) is 0 Å². The Morgan fingerprint density at radius 1 is 1.67 bits per heavy atom. The van der Waals surface area contributed by atoms with Crippen molar-refractivity contribution in [2.75, 3.05) is 6.54 Å². The highest BCUT2D eigenvalue weighted by Crippen LogP contribution is 2.21. The van der Waals surface area contributed by atoms with E-state index in [9.17, 15) is 9.90 Å². The molecule has 0 saturated carbocycles. The normalized spacial score (nSPS) is 12.5. The van der Waals surface area contributed by atoms with Crippen LogP contribution in [0.4, 0.5) is 0 Å². The molecule has 84 valence electrons. The number of aliphatic hydroxyl groups is 1. The van der Waals surface area contributed by atoms with Gasteiger partial charge in [0, 0.05) is 6.54 Å². The van der Waals surface area contributed by atoms with E-state index in [4.69, 9.17) is 0 Å². The fourth-order valence-electron chi connectivity index (χ4n) is 1.08. The number of halogens is 1. The number of hydrogen-bond acceptors (Lipinski definition) is 3. The van der Waals surface area contributed by atoms with Crippen molar-refractivity contribution in [3.05, 3.63) is 20.8 Å². The smallest absolute Gasteiger partial charge is 0.261 e. The van der Waals surface area contributed by atoms with Gasteiger partial charge in [-0.2, -0.15) is 0 Å². The summed E-state index contributed by atoms with van der Waals surface area (Å²) in [5.41, 5.74) is 0. The third-order valence-electron chi connectivity index (χ3n) is 2.03.